The van der Waals surface area contributed by atoms with Crippen LogP contribution in [0.2, 0.25) is 0 Å². The summed E-state index contributed by atoms with van der Waals surface area (Å²) >= 11 is 0. The summed E-state index contributed by atoms with van der Waals surface area (Å²) in [7, 11) is 0. The first-order chi connectivity index (χ1) is 7.68. The van der Waals surface area contributed by atoms with Crippen molar-refractivity contribution in [3.63, 3.8) is 0 Å². The standard InChI is InChI=1S/C12H9NO3/c14-10-5-3-4-9(8-10)11-6-1-2-7-12(11)13(15)16/h1-8,14H. The molecule has 0 atom stereocenters. The van der Waals surface area contributed by atoms with Crippen LogP contribution >= 0.6 is 0 Å². The summed E-state index contributed by atoms with van der Waals surface area (Å²) in [5, 5.41) is 20.2. The van der Waals surface area contributed by atoms with E-state index in [9.17, 15) is 15.2 Å². The monoisotopic (exact) mass is 215 g/mol. The second-order valence-corrected chi connectivity index (χ2v) is 3.32. The van der Waals surface area contributed by atoms with Crippen LogP contribution < -0.4 is 0 Å². The number of benzene rings is 2. The Morgan fingerprint density at radius 3 is 2.50 bits per heavy atom. The first-order valence-electron chi connectivity index (χ1n) is 4.71. The van der Waals surface area contributed by atoms with E-state index < -0.39 is 4.92 Å². The molecule has 0 radical (unpaired) electrons. The molecule has 4 heteroatoms. The van der Waals surface area contributed by atoms with Crippen LogP contribution in [0.25, 0.3) is 11.1 Å². The average Bonchev–Trinajstić information content (AvgIpc) is 2.29. The van der Waals surface area contributed by atoms with Gasteiger partial charge in [0, 0.05) is 6.07 Å². The topological polar surface area (TPSA) is 63.4 Å². The van der Waals surface area contributed by atoms with E-state index >= 15 is 0 Å². The highest BCUT2D eigenvalue weighted by molar-refractivity contribution is 5.74. The molecular weight excluding hydrogens is 206 g/mol. The second-order valence-electron chi connectivity index (χ2n) is 3.32. The number of hydrogen-bond donors (Lipinski definition) is 1. The van der Waals surface area contributed by atoms with Crippen molar-refractivity contribution in [1.29, 1.82) is 0 Å². The minimum absolute atomic E-state index is 0.0353. The summed E-state index contributed by atoms with van der Waals surface area (Å²) < 4.78 is 0. The zero-order chi connectivity index (χ0) is 11.5. The first kappa shape index (κ1) is 10.2. The Hall–Kier alpha value is -2.36. The number of hydrogen-bond acceptors (Lipinski definition) is 3. The van der Waals surface area contributed by atoms with Gasteiger partial charge in [0.15, 0.2) is 0 Å². The molecule has 0 aromatic heterocycles. The lowest BCUT2D eigenvalue weighted by molar-refractivity contribution is -0.384. The first-order valence-corrected chi connectivity index (χ1v) is 4.71. The number of phenolic OH excluding ortho intramolecular Hbond substituents is 1. The molecule has 2 aromatic rings. The molecule has 1 N–H and O–H groups in total. The van der Waals surface area contributed by atoms with Gasteiger partial charge in [-0.2, -0.15) is 0 Å². The van der Waals surface area contributed by atoms with Crippen molar-refractivity contribution < 1.29 is 10.0 Å². The SMILES string of the molecule is O=[N+]([O-])c1ccccc1-c1cccc(O)c1. The number of nitro groups is 1. The van der Waals surface area contributed by atoms with Gasteiger partial charge in [0.2, 0.25) is 0 Å². The smallest absolute Gasteiger partial charge is 0.277 e. The summed E-state index contributed by atoms with van der Waals surface area (Å²) in [5.41, 5.74) is 1.17. The van der Waals surface area contributed by atoms with Crippen LogP contribution in [0.1, 0.15) is 0 Å². The predicted octanol–water partition coefficient (Wildman–Crippen LogP) is 2.97. The van der Waals surface area contributed by atoms with E-state index in [1.807, 2.05) is 0 Å². The molecule has 4 nitrogen and oxygen atoms in total. The fraction of sp³-hybridized carbons (Fsp3) is 0. The third-order valence-electron chi connectivity index (χ3n) is 2.26. The molecule has 0 aliphatic carbocycles. The summed E-state index contributed by atoms with van der Waals surface area (Å²) in [6, 6.07) is 12.9. The molecule has 0 heterocycles. The van der Waals surface area contributed by atoms with Crippen LogP contribution in [0, 0.1) is 10.1 Å². The zero-order valence-corrected chi connectivity index (χ0v) is 8.33. The van der Waals surface area contributed by atoms with Gasteiger partial charge >= 0.3 is 0 Å². The molecule has 0 saturated carbocycles. The van der Waals surface area contributed by atoms with Gasteiger partial charge < -0.3 is 5.11 Å². The number of rotatable bonds is 2. The van der Waals surface area contributed by atoms with Gasteiger partial charge in [0.25, 0.3) is 5.69 Å². The van der Waals surface area contributed by atoms with Gasteiger partial charge in [0.1, 0.15) is 5.75 Å². The van der Waals surface area contributed by atoms with Gasteiger partial charge in [-0.1, -0.05) is 24.3 Å². The molecular formula is C12H9NO3. The summed E-state index contributed by atoms with van der Waals surface area (Å²) in [4.78, 5) is 10.4. The Labute approximate surface area is 91.9 Å². The van der Waals surface area contributed by atoms with Crippen molar-refractivity contribution in [3.05, 3.63) is 58.6 Å². The Kier molecular flexibility index (Phi) is 2.55. The molecule has 0 spiro atoms. The van der Waals surface area contributed by atoms with E-state index in [-0.39, 0.29) is 11.4 Å². The third kappa shape index (κ3) is 1.86. The normalized spacial score (nSPS) is 10.0. The minimum Gasteiger partial charge on any atom is -0.508 e. The van der Waals surface area contributed by atoms with E-state index in [2.05, 4.69) is 0 Å². The van der Waals surface area contributed by atoms with Crippen molar-refractivity contribution in [2.24, 2.45) is 0 Å². The van der Waals surface area contributed by atoms with Crippen molar-refractivity contribution in [1.82, 2.24) is 0 Å². The largest absolute Gasteiger partial charge is 0.508 e. The molecule has 16 heavy (non-hydrogen) atoms. The van der Waals surface area contributed by atoms with Crippen molar-refractivity contribution >= 4 is 5.69 Å². The van der Waals surface area contributed by atoms with Gasteiger partial charge in [-0.25, -0.2) is 0 Å². The van der Waals surface area contributed by atoms with Crippen molar-refractivity contribution in [2.75, 3.05) is 0 Å². The number of para-hydroxylation sites is 1. The molecule has 0 bridgehead atoms. The van der Waals surface area contributed by atoms with Crippen LogP contribution in [0.3, 0.4) is 0 Å². The Morgan fingerprint density at radius 1 is 1.06 bits per heavy atom. The summed E-state index contributed by atoms with van der Waals surface area (Å²) in [6.45, 7) is 0. The molecule has 0 aliphatic heterocycles. The van der Waals surface area contributed by atoms with E-state index in [0.29, 0.717) is 11.1 Å². The molecule has 80 valence electrons. The van der Waals surface area contributed by atoms with Gasteiger partial charge in [0.05, 0.1) is 10.5 Å². The molecule has 0 aliphatic rings. The zero-order valence-electron chi connectivity index (χ0n) is 8.33. The van der Waals surface area contributed by atoms with E-state index in [1.165, 1.54) is 18.2 Å². The third-order valence-corrected chi connectivity index (χ3v) is 2.26. The highest BCUT2D eigenvalue weighted by atomic mass is 16.6. The maximum absolute atomic E-state index is 10.8. The van der Waals surface area contributed by atoms with Crippen LogP contribution in [-0.4, -0.2) is 10.0 Å². The number of phenols is 1. The molecule has 0 unspecified atom stereocenters. The van der Waals surface area contributed by atoms with Crippen LogP contribution in [-0.2, 0) is 0 Å². The summed E-state index contributed by atoms with van der Waals surface area (Å²) in [6.07, 6.45) is 0. The van der Waals surface area contributed by atoms with Gasteiger partial charge in [-0.05, 0) is 23.8 Å². The number of nitro benzene ring substituents is 1. The quantitative estimate of drug-likeness (QED) is 0.618. The van der Waals surface area contributed by atoms with Gasteiger partial charge in [-0.3, -0.25) is 10.1 Å². The lowest BCUT2D eigenvalue weighted by Gasteiger charge is -2.03. The fourth-order valence-electron chi connectivity index (χ4n) is 1.55. The van der Waals surface area contributed by atoms with E-state index in [4.69, 9.17) is 0 Å². The van der Waals surface area contributed by atoms with Crippen molar-refractivity contribution in [3.8, 4) is 16.9 Å². The number of aromatic hydroxyl groups is 1. The van der Waals surface area contributed by atoms with E-state index in [1.54, 1.807) is 30.3 Å². The molecule has 0 saturated heterocycles. The lowest BCUT2D eigenvalue weighted by atomic mass is 10.0. The molecule has 2 aromatic carbocycles. The highest BCUT2D eigenvalue weighted by Crippen LogP contribution is 2.30. The van der Waals surface area contributed by atoms with Crippen molar-refractivity contribution in [2.45, 2.75) is 0 Å². The minimum atomic E-state index is -0.431. The molecule has 2 rings (SSSR count). The Balaban J connectivity index is 2.60. The second kappa shape index (κ2) is 4.02. The van der Waals surface area contributed by atoms with E-state index in [0.717, 1.165) is 0 Å². The average molecular weight is 215 g/mol. The Bertz CT molecular complexity index is 537. The fourth-order valence-corrected chi connectivity index (χ4v) is 1.55. The van der Waals surface area contributed by atoms with Crippen LogP contribution in [0.15, 0.2) is 48.5 Å². The molecule has 0 amide bonds. The van der Waals surface area contributed by atoms with Gasteiger partial charge in [-0.15, -0.1) is 0 Å². The lowest BCUT2D eigenvalue weighted by Crippen LogP contribution is -1.91. The van der Waals surface area contributed by atoms with Crippen LogP contribution in [0.5, 0.6) is 5.75 Å². The molecule has 0 fully saturated rings. The number of nitrogens with zero attached hydrogens (tertiary/aromatic N) is 1. The summed E-state index contributed by atoms with van der Waals surface area (Å²) in [5.74, 6) is 0.0932. The predicted molar refractivity (Wildman–Crippen MR) is 60.2 cm³/mol. The maximum atomic E-state index is 10.8. The highest BCUT2D eigenvalue weighted by Gasteiger charge is 2.13. The van der Waals surface area contributed by atoms with Crippen LogP contribution in [0.4, 0.5) is 5.69 Å². The Morgan fingerprint density at radius 2 is 1.81 bits per heavy atom. The maximum Gasteiger partial charge on any atom is 0.277 e.